The highest BCUT2D eigenvalue weighted by molar-refractivity contribution is 5.66. The zero-order chi connectivity index (χ0) is 17.4. The fraction of sp³-hybridized carbons (Fsp3) is 0.474. The average molecular weight is 327 g/mol. The van der Waals surface area contributed by atoms with Crippen LogP contribution in [0.25, 0.3) is 5.69 Å². The maximum Gasteiger partial charge on any atom is 0.407 e. The van der Waals surface area contributed by atoms with Gasteiger partial charge in [-0.1, -0.05) is 39.8 Å². The summed E-state index contributed by atoms with van der Waals surface area (Å²) >= 11 is 0. The van der Waals surface area contributed by atoms with Gasteiger partial charge in [-0.2, -0.15) is 5.10 Å². The molecule has 1 saturated heterocycles. The fourth-order valence-corrected chi connectivity index (χ4v) is 3.05. The van der Waals surface area contributed by atoms with E-state index in [-0.39, 0.29) is 0 Å². The minimum atomic E-state index is -0.831. The number of hydrogen-bond acceptors (Lipinski definition) is 2. The normalized spacial score (nSPS) is 15.2. The summed E-state index contributed by atoms with van der Waals surface area (Å²) < 4.78 is 2.04. The molecular formula is C19H25N3O2. The highest BCUT2D eigenvalue weighted by Gasteiger charge is 2.31. The van der Waals surface area contributed by atoms with E-state index in [1.165, 1.54) is 16.2 Å². The summed E-state index contributed by atoms with van der Waals surface area (Å²) in [4.78, 5) is 12.3. The molecule has 0 spiro atoms. The Morgan fingerprint density at radius 3 is 2.25 bits per heavy atom. The van der Waals surface area contributed by atoms with E-state index in [1.807, 2.05) is 4.68 Å². The third-order valence-corrected chi connectivity index (χ3v) is 4.70. The minimum absolute atomic E-state index is 0.309. The fourth-order valence-electron chi connectivity index (χ4n) is 3.05. The maximum atomic E-state index is 10.9. The van der Waals surface area contributed by atoms with E-state index >= 15 is 0 Å². The van der Waals surface area contributed by atoms with Crippen molar-refractivity contribution in [2.75, 3.05) is 13.1 Å². The summed E-state index contributed by atoms with van der Waals surface area (Å²) in [5.74, 6) is 1.11. The van der Waals surface area contributed by atoms with E-state index < -0.39 is 6.09 Å². The molecule has 5 nitrogen and oxygen atoms in total. The van der Waals surface area contributed by atoms with Gasteiger partial charge in [0.25, 0.3) is 0 Å². The van der Waals surface area contributed by atoms with Crippen molar-refractivity contribution in [1.29, 1.82) is 0 Å². The van der Waals surface area contributed by atoms with Crippen LogP contribution in [0.15, 0.2) is 30.3 Å². The van der Waals surface area contributed by atoms with Gasteiger partial charge in [-0.15, -0.1) is 0 Å². The SMILES string of the molecule is CC(C)c1cc(C(C)C)n(-c2ccc(C3CN(C(=O)O)C3)cc2)n1. The number of carboxylic acid groups (broad SMARTS) is 1. The van der Waals surface area contributed by atoms with Gasteiger partial charge in [0.05, 0.1) is 11.4 Å². The monoisotopic (exact) mass is 327 g/mol. The van der Waals surface area contributed by atoms with Crippen LogP contribution in [0.5, 0.6) is 0 Å². The summed E-state index contributed by atoms with van der Waals surface area (Å²) in [6, 6.07) is 10.6. The van der Waals surface area contributed by atoms with Crippen molar-refractivity contribution in [1.82, 2.24) is 14.7 Å². The number of amides is 1. The molecule has 0 aliphatic carbocycles. The molecule has 1 aromatic heterocycles. The van der Waals surface area contributed by atoms with Crippen LogP contribution >= 0.6 is 0 Å². The molecule has 3 rings (SSSR count). The van der Waals surface area contributed by atoms with Gasteiger partial charge in [0, 0.05) is 24.7 Å². The summed E-state index contributed by atoms with van der Waals surface area (Å²) in [6.45, 7) is 9.85. The molecule has 1 fully saturated rings. The molecule has 0 saturated carbocycles. The molecule has 1 N–H and O–H groups in total. The average Bonchev–Trinajstić information content (AvgIpc) is 2.91. The zero-order valence-electron chi connectivity index (χ0n) is 14.7. The molecule has 1 aromatic carbocycles. The lowest BCUT2D eigenvalue weighted by Gasteiger charge is -2.37. The second-order valence-electron chi connectivity index (χ2n) is 7.19. The summed E-state index contributed by atoms with van der Waals surface area (Å²) in [5, 5.41) is 13.7. The molecule has 2 aromatic rings. The Morgan fingerprint density at radius 1 is 1.12 bits per heavy atom. The lowest BCUT2D eigenvalue weighted by atomic mass is 9.92. The van der Waals surface area contributed by atoms with Crippen molar-refractivity contribution in [3.05, 3.63) is 47.3 Å². The quantitative estimate of drug-likeness (QED) is 0.915. The number of nitrogens with zero attached hydrogens (tertiary/aromatic N) is 3. The predicted octanol–water partition coefficient (Wildman–Crippen LogP) is 4.20. The first-order valence-corrected chi connectivity index (χ1v) is 8.55. The third-order valence-electron chi connectivity index (χ3n) is 4.70. The van der Waals surface area contributed by atoms with Crippen LogP contribution in [0.4, 0.5) is 4.79 Å². The Labute approximate surface area is 142 Å². The molecule has 1 aliphatic heterocycles. The number of benzene rings is 1. The van der Waals surface area contributed by atoms with Gasteiger partial charge in [-0.3, -0.25) is 0 Å². The predicted molar refractivity (Wildman–Crippen MR) is 94.1 cm³/mol. The molecule has 1 aliphatic rings. The molecule has 5 heteroatoms. The minimum Gasteiger partial charge on any atom is -0.465 e. The van der Waals surface area contributed by atoms with E-state index in [2.05, 4.69) is 58.0 Å². The Balaban J connectivity index is 1.82. The molecule has 0 radical (unpaired) electrons. The second-order valence-corrected chi connectivity index (χ2v) is 7.19. The molecule has 0 atom stereocenters. The van der Waals surface area contributed by atoms with Crippen LogP contribution in [0.3, 0.4) is 0 Å². The standard InChI is InChI=1S/C19H25N3O2/c1-12(2)17-9-18(13(3)4)22(20-17)16-7-5-14(6-8-16)15-10-21(11-15)19(23)24/h5-9,12-13,15H,10-11H2,1-4H3,(H,23,24). The Morgan fingerprint density at radius 2 is 1.75 bits per heavy atom. The third kappa shape index (κ3) is 3.03. The Kier molecular flexibility index (Phi) is 4.35. The van der Waals surface area contributed by atoms with Gasteiger partial charge in [0.15, 0.2) is 0 Å². The topological polar surface area (TPSA) is 58.4 Å². The van der Waals surface area contributed by atoms with Gasteiger partial charge in [-0.05, 0) is 35.6 Å². The van der Waals surface area contributed by atoms with Gasteiger partial charge < -0.3 is 10.0 Å². The zero-order valence-corrected chi connectivity index (χ0v) is 14.7. The first-order chi connectivity index (χ1) is 11.4. The van der Waals surface area contributed by atoms with Gasteiger partial charge >= 0.3 is 6.09 Å². The number of likely N-dealkylation sites (tertiary alicyclic amines) is 1. The van der Waals surface area contributed by atoms with Crippen molar-refractivity contribution < 1.29 is 9.90 Å². The lowest BCUT2D eigenvalue weighted by Crippen LogP contribution is -2.47. The van der Waals surface area contributed by atoms with Crippen LogP contribution in [-0.2, 0) is 0 Å². The molecule has 0 unspecified atom stereocenters. The Bertz CT molecular complexity index is 726. The van der Waals surface area contributed by atoms with Crippen LogP contribution in [0, 0.1) is 0 Å². The molecule has 24 heavy (non-hydrogen) atoms. The molecule has 2 heterocycles. The number of hydrogen-bond donors (Lipinski definition) is 1. The van der Waals surface area contributed by atoms with Gasteiger partial charge in [0.2, 0.25) is 0 Å². The van der Waals surface area contributed by atoms with Crippen LogP contribution in [0.1, 0.15) is 62.4 Å². The summed E-state index contributed by atoms with van der Waals surface area (Å²) in [7, 11) is 0. The lowest BCUT2D eigenvalue weighted by molar-refractivity contribution is 0.105. The molecule has 1 amide bonds. The molecular weight excluding hydrogens is 302 g/mol. The van der Waals surface area contributed by atoms with Crippen molar-refractivity contribution in [2.24, 2.45) is 0 Å². The van der Waals surface area contributed by atoms with Crippen molar-refractivity contribution in [2.45, 2.75) is 45.4 Å². The van der Waals surface area contributed by atoms with Crippen molar-refractivity contribution >= 4 is 6.09 Å². The second kappa shape index (κ2) is 6.30. The first-order valence-electron chi connectivity index (χ1n) is 8.55. The van der Waals surface area contributed by atoms with E-state index in [9.17, 15) is 4.79 Å². The van der Waals surface area contributed by atoms with Crippen molar-refractivity contribution in [3.63, 3.8) is 0 Å². The Hall–Kier alpha value is -2.30. The highest BCUT2D eigenvalue weighted by Crippen LogP contribution is 2.29. The smallest absolute Gasteiger partial charge is 0.407 e. The maximum absolute atomic E-state index is 10.9. The van der Waals surface area contributed by atoms with Crippen molar-refractivity contribution in [3.8, 4) is 5.69 Å². The van der Waals surface area contributed by atoms with Gasteiger partial charge in [-0.25, -0.2) is 9.48 Å². The number of rotatable bonds is 4. The number of aromatic nitrogens is 2. The van der Waals surface area contributed by atoms with Crippen LogP contribution in [-0.4, -0.2) is 39.0 Å². The summed E-state index contributed by atoms with van der Waals surface area (Å²) in [5.41, 5.74) is 4.58. The van der Waals surface area contributed by atoms with E-state index in [0.29, 0.717) is 30.8 Å². The van der Waals surface area contributed by atoms with E-state index in [0.717, 1.165) is 11.4 Å². The first kappa shape index (κ1) is 16.6. The van der Waals surface area contributed by atoms with Gasteiger partial charge in [0.1, 0.15) is 0 Å². The van der Waals surface area contributed by atoms with E-state index in [4.69, 9.17) is 10.2 Å². The molecule has 128 valence electrons. The van der Waals surface area contributed by atoms with Crippen LogP contribution < -0.4 is 0 Å². The number of carbonyl (C=O) groups is 1. The highest BCUT2D eigenvalue weighted by atomic mass is 16.4. The van der Waals surface area contributed by atoms with Crippen LogP contribution in [0.2, 0.25) is 0 Å². The largest absolute Gasteiger partial charge is 0.465 e. The summed E-state index contributed by atoms with van der Waals surface area (Å²) in [6.07, 6.45) is -0.831. The molecule has 0 bridgehead atoms. The van der Waals surface area contributed by atoms with E-state index in [1.54, 1.807) is 0 Å².